The summed E-state index contributed by atoms with van der Waals surface area (Å²) in [4.78, 5) is 4.58. The molecule has 4 atom stereocenters. The first kappa shape index (κ1) is 10.9. The maximum Gasteiger partial charge on any atom is 0.249 e. The molecule has 18 heavy (non-hydrogen) atoms. The van der Waals surface area contributed by atoms with Crippen molar-refractivity contribution in [3.05, 3.63) is 11.7 Å². The summed E-state index contributed by atoms with van der Waals surface area (Å²) >= 11 is 0. The summed E-state index contributed by atoms with van der Waals surface area (Å²) in [6.07, 6.45) is 6.07. The Bertz CT molecular complexity index is 453. The molecule has 3 aliphatic rings. The molecule has 0 amide bonds. The van der Waals surface area contributed by atoms with Gasteiger partial charge in [-0.3, -0.25) is 0 Å². The molecule has 2 heterocycles. The molecule has 4 rings (SSSR count). The Morgan fingerprint density at radius 1 is 1.28 bits per heavy atom. The molecule has 2 bridgehead atoms. The molecule has 5 heteroatoms. The van der Waals surface area contributed by atoms with Crippen LogP contribution in [-0.4, -0.2) is 23.4 Å². The summed E-state index contributed by atoms with van der Waals surface area (Å²) in [6.45, 7) is 1.17. The third-order valence-corrected chi connectivity index (χ3v) is 4.99. The molecule has 98 valence electrons. The van der Waals surface area contributed by atoms with Crippen LogP contribution in [0.4, 0.5) is 0 Å². The van der Waals surface area contributed by atoms with Crippen molar-refractivity contribution in [2.24, 2.45) is 17.6 Å². The average molecular weight is 249 g/mol. The van der Waals surface area contributed by atoms with Crippen molar-refractivity contribution >= 4 is 0 Å². The van der Waals surface area contributed by atoms with E-state index >= 15 is 0 Å². The molecular weight excluding hydrogens is 230 g/mol. The molecule has 1 aromatic heterocycles. The van der Waals surface area contributed by atoms with Crippen LogP contribution in [0.5, 0.6) is 0 Å². The second-order valence-electron chi connectivity index (χ2n) is 6.20. The maximum absolute atomic E-state index is 6.25. The lowest BCUT2D eigenvalue weighted by Crippen LogP contribution is -2.37. The molecule has 0 radical (unpaired) electrons. The van der Waals surface area contributed by atoms with Gasteiger partial charge >= 0.3 is 0 Å². The molecule has 5 nitrogen and oxygen atoms in total. The van der Waals surface area contributed by atoms with E-state index in [4.69, 9.17) is 15.0 Å². The van der Waals surface area contributed by atoms with Crippen LogP contribution in [0.1, 0.15) is 49.7 Å². The van der Waals surface area contributed by atoms with E-state index in [9.17, 15) is 0 Å². The van der Waals surface area contributed by atoms with Crippen LogP contribution >= 0.6 is 0 Å². The Kier molecular flexibility index (Phi) is 2.29. The molecule has 4 unspecified atom stereocenters. The van der Waals surface area contributed by atoms with Gasteiger partial charge in [0.2, 0.25) is 5.89 Å². The zero-order valence-electron chi connectivity index (χ0n) is 10.5. The number of hydrogen-bond acceptors (Lipinski definition) is 5. The van der Waals surface area contributed by atoms with E-state index in [1.807, 2.05) is 0 Å². The van der Waals surface area contributed by atoms with E-state index in [0.29, 0.717) is 25.0 Å². The van der Waals surface area contributed by atoms with Crippen molar-refractivity contribution in [3.8, 4) is 0 Å². The van der Waals surface area contributed by atoms with Crippen molar-refractivity contribution in [1.29, 1.82) is 0 Å². The number of hydrogen-bond donors (Lipinski definition) is 1. The Morgan fingerprint density at radius 3 is 2.89 bits per heavy atom. The molecule has 2 aliphatic carbocycles. The quantitative estimate of drug-likeness (QED) is 0.860. The smallest absolute Gasteiger partial charge is 0.249 e. The summed E-state index contributed by atoms with van der Waals surface area (Å²) in [6, 6.07) is 0. The minimum atomic E-state index is -0.553. The van der Waals surface area contributed by atoms with Crippen LogP contribution in [0.15, 0.2) is 4.52 Å². The lowest BCUT2D eigenvalue weighted by Gasteiger charge is -2.18. The van der Waals surface area contributed by atoms with Gasteiger partial charge < -0.3 is 15.0 Å². The zero-order chi connectivity index (χ0) is 12.2. The SMILES string of the molecule is NC1(c2nc(C3CC4CCC3C4)no2)CCOC1. The van der Waals surface area contributed by atoms with Gasteiger partial charge in [0, 0.05) is 12.5 Å². The van der Waals surface area contributed by atoms with E-state index in [1.165, 1.54) is 25.7 Å². The number of aromatic nitrogens is 2. The van der Waals surface area contributed by atoms with E-state index in [1.54, 1.807) is 0 Å². The van der Waals surface area contributed by atoms with Gasteiger partial charge in [-0.25, -0.2) is 0 Å². The van der Waals surface area contributed by atoms with Gasteiger partial charge in [0.25, 0.3) is 0 Å². The van der Waals surface area contributed by atoms with Gasteiger partial charge in [-0.1, -0.05) is 11.6 Å². The highest BCUT2D eigenvalue weighted by atomic mass is 16.5. The predicted octanol–water partition coefficient (Wildman–Crippen LogP) is 1.55. The molecule has 0 spiro atoms. The minimum Gasteiger partial charge on any atom is -0.379 e. The van der Waals surface area contributed by atoms with Crippen molar-refractivity contribution in [3.63, 3.8) is 0 Å². The molecule has 1 aliphatic heterocycles. The van der Waals surface area contributed by atoms with Crippen LogP contribution < -0.4 is 5.73 Å². The first-order valence-electron chi connectivity index (χ1n) is 6.95. The summed E-state index contributed by atoms with van der Waals surface area (Å²) in [5.74, 6) is 3.62. The van der Waals surface area contributed by atoms with Crippen molar-refractivity contribution in [2.45, 2.75) is 43.6 Å². The highest BCUT2D eigenvalue weighted by molar-refractivity contribution is 5.10. The van der Waals surface area contributed by atoms with Crippen molar-refractivity contribution in [1.82, 2.24) is 10.1 Å². The van der Waals surface area contributed by atoms with Crippen LogP contribution in [0.2, 0.25) is 0 Å². The Hall–Kier alpha value is -0.940. The van der Waals surface area contributed by atoms with Crippen LogP contribution in [0, 0.1) is 11.8 Å². The minimum absolute atomic E-state index is 0.491. The molecule has 0 aromatic carbocycles. The normalized spacial score (nSPS) is 42.8. The predicted molar refractivity (Wildman–Crippen MR) is 63.8 cm³/mol. The third-order valence-electron chi connectivity index (χ3n) is 4.99. The lowest BCUT2D eigenvalue weighted by molar-refractivity contribution is 0.166. The van der Waals surface area contributed by atoms with Gasteiger partial charge in [0.05, 0.1) is 6.61 Å². The van der Waals surface area contributed by atoms with E-state index < -0.39 is 5.54 Å². The van der Waals surface area contributed by atoms with Crippen LogP contribution in [0.3, 0.4) is 0 Å². The largest absolute Gasteiger partial charge is 0.379 e. The van der Waals surface area contributed by atoms with E-state index in [2.05, 4.69) is 10.1 Å². The fraction of sp³-hybridized carbons (Fsp3) is 0.846. The molecule has 3 fully saturated rings. The maximum atomic E-state index is 6.25. The van der Waals surface area contributed by atoms with Gasteiger partial charge in [-0.2, -0.15) is 4.98 Å². The van der Waals surface area contributed by atoms with E-state index in [0.717, 1.165) is 24.1 Å². The molecule has 1 aromatic rings. The number of nitrogens with two attached hydrogens (primary N) is 1. The fourth-order valence-corrected chi connectivity index (χ4v) is 3.90. The van der Waals surface area contributed by atoms with Gasteiger partial charge in [-0.05, 0) is 37.5 Å². The summed E-state index contributed by atoms with van der Waals surface area (Å²) in [7, 11) is 0. The summed E-state index contributed by atoms with van der Waals surface area (Å²) in [5, 5.41) is 4.19. The van der Waals surface area contributed by atoms with Crippen LogP contribution in [0.25, 0.3) is 0 Å². The number of rotatable bonds is 2. The van der Waals surface area contributed by atoms with E-state index in [-0.39, 0.29) is 0 Å². The van der Waals surface area contributed by atoms with Gasteiger partial charge in [0.15, 0.2) is 5.82 Å². The second kappa shape index (κ2) is 3.78. The first-order valence-corrected chi connectivity index (χ1v) is 6.95. The Balaban J connectivity index is 1.58. The first-order chi connectivity index (χ1) is 8.74. The second-order valence-corrected chi connectivity index (χ2v) is 6.20. The Labute approximate surface area is 106 Å². The topological polar surface area (TPSA) is 74.2 Å². The Morgan fingerprint density at radius 2 is 2.22 bits per heavy atom. The highest BCUT2D eigenvalue weighted by Crippen LogP contribution is 2.52. The highest BCUT2D eigenvalue weighted by Gasteiger charge is 2.44. The fourth-order valence-electron chi connectivity index (χ4n) is 3.90. The van der Waals surface area contributed by atoms with Crippen molar-refractivity contribution < 1.29 is 9.26 Å². The molecule has 2 N–H and O–H groups in total. The third kappa shape index (κ3) is 1.53. The number of ether oxygens (including phenoxy) is 1. The summed E-state index contributed by atoms with van der Waals surface area (Å²) in [5.41, 5.74) is 5.69. The van der Waals surface area contributed by atoms with Gasteiger partial charge in [-0.15, -0.1) is 0 Å². The molecular formula is C13H19N3O2. The molecule has 1 saturated heterocycles. The standard InChI is InChI=1S/C13H19N3O2/c14-13(3-4-17-7-13)12-15-11(16-18-12)10-6-8-1-2-9(10)5-8/h8-10H,1-7,14H2. The van der Waals surface area contributed by atoms with Crippen LogP contribution in [-0.2, 0) is 10.3 Å². The average Bonchev–Trinajstić information content (AvgIpc) is 3.13. The number of fused-ring (bicyclic) bond motifs is 2. The monoisotopic (exact) mass is 249 g/mol. The lowest BCUT2D eigenvalue weighted by atomic mass is 9.88. The summed E-state index contributed by atoms with van der Waals surface area (Å²) < 4.78 is 10.8. The van der Waals surface area contributed by atoms with Gasteiger partial charge in [0.1, 0.15) is 5.54 Å². The molecule has 2 saturated carbocycles. The number of nitrogens with zero attached hydrogens (tertiary/aromatic N) is 2. The zero-order valence-corrected chi connectivity index (χ0v) is 10.5. The van der Waals surface area contributed by atoms with Crippen molar-refractivity contribution in [2.75, 3.05) is 13.2 Å².